The lowest BCUT2D eigenvalue weighted by atomic mass is 10.0. The van der Waals surface area contributed by atoms with Crippen LogP contribution < -0.4 is 28.4 Å². The first-order chi connectivity index (χ1) is 19.4. The molecule has 0 saturated heterocycles. The van der Waals surface area contributed by atoms with E-state index in [1.165, 1.54) is 39.5 Å². The Morgan fingerprint density at radius 2 is 1.39 bits per heavy atom. The molecule has 0 amide bonds. The topological polar surface area (TPSA) is 89.5 Å². The van der Waals surface area contributed by atoms with E-state index in [4.69, 9.17) is 28.4 Å². The highest BCUT2D eigenvalue weighted by molar-refractivity contribution is 6.15. The fourth-order valence-corrected chi connectivity index (χ4v) is 3.96. The van der Waals surface area contributed by atoms with Gasteiger partial charge in [-0.3, -0.25) is 4.79 Å². The van der Waals surface area contributed by atoms with Crippen molar-refractivity contribution in [3.8, 4) is 34.5 Å². The minimum Gasteiger partial charge on any atom is -0.496 e. The van der Waals surface area contributed by atoms with Gasteiger partial charge >= 0.3 is 5.97 Å². The third-order valence-electron chi connectivity index (χ3n) is 5.98. The molecule has 0 aromatic heterocycles. The minimum atomic E-state index is -2.37. The highest BCUT2D eigenvalue weighted by Gasteiger charge is 2.33. The Morgan fingerprint density at radius 1 is 0.829 bits per heavy atom. The average molecular weight is 580 g/mol. The van der Waals surface area contributed by atoms with Crippen LogP contribution in [0.25, 0.3) is 6.08 Å². The van der Waals surface area contributed by atoms with Crippen molar-refractivity contribution >= 4 is 17.8 Å². The molecule has 1 unspecified atom stereocenters. The van der Waals surface area contributed by atoms with Crippen LogP contribution in [0.1, 0.15) is 28.4 Å². The second-order valence-electron chi connectivity index (χ2n) is 8.58. The van der Waals surface area contributed by atoms with Crippen LogP contribution in [0.4, 0.5) is 22.0 Å². The zero-order chi connectivity index (χ0) is 30.2. The van der Waals surface area contributed by atoms with E-state index >= 15 is 0 Å². The molecule has 13 heteroatoms. The first kappa shape index (κ1) is 29.2. The molecule has 3 aromatic rings. The van der Waals surface area contributed by atoms with Crippen LogP contribution in [0.3, 0.4) is 0 Å². The Bertz CT molecular complexity index is 1570. The Balaban J connectivity index is 1.58. The van der Waals surface area contributed by atoms with Gasteiger partial charge in [0, 0.05) is 17.7 Å². The Labute approximate surface area is 229 Å². The van der Waals surface area contributed by atoms with Crippen LogP contribution in [-0.2, 0) is 4.79 Å². The number of carbonyl (C=O) groups excluding carboxylic acids is 2. The molecule has 1 aliphatic heterocycles. The predicted molar refractivity (Wildman–Crippen MR) is 132 cm³/mol. The van der Waals surface area contributed by atoms with E-state index in [1.54, 1.807) is 19.1 Å². The van der Waals surface area contributed by atoms with E-state index in [-0.39, 0.29) is 22.8 Å². The number of hydrogen-bond acceptors (Lipinski definition) is 8. The Morgan fingerprint density at radius 3 is 1.98 bits per heavy atom. The number of methoxy groups -OCH3 is 3. The first-order valence-electron chi connectivity index (χ1n) is 11.7. The number of aryl methyl sites for hydroxylation is 1. The number of benzene rings is 3. The summed E-state index contributed by atoms with van der Waals surface area (Å²) in [5.74, 6) is -13.7. The number of carbonyl (C=O) groups is 2. The van der Waals surface area contributed by atoms with Crippen molar-refractivity contribution in [1.82, 2.24) is 0 Å². The second-order valence-corrected chi connectivity index (χ2v) is 8.58. The van der Waals surface area contributed by atoms with Gasteiger partial charge in [-0.15, -0.1) is 0 Å². The molecule has 0 bridgehead atoms. The van der Waals surface area contributed by atoms with Crippen molar-refractivity contribution in [2.24, 2.45) is 0 Å². The summed E-state index contributed by atoms with van der Waals surface area (Å²) in [5, 5.41) is 0. The number of halogens is 5. The number of fused-ring (bicyclic) bond motifs is 1. The van der Waals surface area contributed by atoms with E-state index in [0.29, 0.717) is 28.4 Å². The molecule has 4 rings (SSSR count). The summed E-state index contributed by atoms with van der Waals surface area (Å²) in [6.45, 7) is 2.53. The molecular weight excluding hydrogens is 559 g/mol. The standard InChI is InChI=1S/C28H21F5O8/c1-11-6-14(40-28(35)12(2)39-27-24(32)22(30)21(29)23(31)25(27)33)9-18-20(11)26(34)19(41-18)8-13-7-16(37-4)17(38-5)10-15(13)36-3/h6-10,12H,1-5H3/b19-8-. The van der Waals surface area contributed by atoms with Gasteiger partial charge in [-0.05, 0) is 37.6 Å². The summed E-state index contributed by atoms with van der Waals surface area (Å²) in [4.78, 5) is 25.6. The van der Waals surface area contributed by atoms with Gasteiger partial charge in [0.25, 0.3) is 0 Å². The van der Waals surface area contributed by atoms with Gasteiger partial charge in [0.2, 0.25) is 34.9 Å². The lowest BCUT2D eigenvalue weighted by Crippen LogP contribution is -2.29. The number of esters is 1. The maximum atomic E-state index is 13.9. The number of rotatable bonds is 8. The molecule has 0 spiro atoms. The fraction of sp³-hybridized carbons (Fsp3) is 0.214. The maximum Gasteiger partial charge on any atom is 0.352 e. The lowest BCUT2D eigenvalue weighted by Gasteiger charge is -2.16. The Kier molecular flexibility index (Phi) is 8.08. The minimum absolute atomic E-state index is 0.0387. The number of ketones is 1. The van der Waals surface area contributed by atoms with Gasteiger partial charge in [-0.2, -0.15) is 8.78 Å². The number of hydrogen-bond donors (Lipinski definition) is 0. The van der Waals surface area contributed by atoms with Crippen molar-refractivity contribution in [2.45, 2.75) is 20.0 Å². The van der Waals surface area contributed by atoms with Gasteiger partial charge < -0.3 is 28.4 Å². The molecule has 0 radical (unpaired) electrons. The third kappa shape index (κ3) is 5.34. The molecule has 41 heavy (non-hydrogen) atoms. The average Bonchev–Trinajstić information content (AvgIpc) is 3.27. The molecular formula is C28H21F5O8. The van der Waals surface area contributed by atoms with Gasteiger partial charge in [-0.1, -0.05) is 0 Å². The highest BCUT2D eigenvalue weighted by atomic mass is 19.2. The molecule has 3 aromatic carbocycles. The molecule has 8 nitrogen and oxygen atoms in total. The summed E-state index contributed by atoms with van der Waals surface area (Å²) >= 11 is 0. The monoisotopic (exact) mass is 580 g/mol. The molecule has 0 aliphatic carbocycles. The van der Waals surface area contributed by atoms with Crippen molar-refractivity contribution in [1.29, 1.82) is 0 Å². The summed E-state index contributed by atoms with van der Waals surface area (Å²) in [6, 6.07) is 5.69. The van der Waals surface area contributed by atoms with Crippen molar-refractivity contribution < 1.29 is 60.0 Å². The molecule has 1 aliphatic rings. The van der Waals surface area contributed by atoms with Crippen LogP contribution in [0.2, 0.25) is 0 Å². The largest absolute Gasteiger partial charge is 0.496 e. The van der Waals surface area contributed by atoms with Crippen LogP contribution in [-0.4, -0.2) is 39.2 Å². The number of ether oxygens (including phenoxy) is 6. The molecule has 0 fully saturated rings. The molecule has 0 N–H and O–H groups in total. The summed E-state index contributed by atoms with van der Waals surface area (Å²) in [7, 11) is 4.32. The predicted octanol–water partition coefficient (Wildman–Crippen LogP) is 5.71. The van der Waals surface area contributed by atoms with Gasteiger partial charge in [0.1, 0.15) is 17.2 Å². The summed E-state index contributed by atoms with van der Waals surface area (Å²) < 4.78 is 99.6. The van der Waals surface area contributed by atoms with Gasteiger partial charge in [-0.25, -0.2) is 18.0 Å². The van der Waals surface area contributed by atoms with Crippen molar-refractivity contribution in [3.05, 3.63) is 75.8 Å². The summed E-state index contributed by atoms with van der Waals surface area (Å²) in [6.07, 6.45) is -0.374. The smallest absolute Gasteiger partial charge is 0.352 e. The SMILES string of the molecule is COc1cc(OC)c(OC)cc1/C=C1\Oc2cc(OC(=O)C(C)Oc3c(F)c(F)c(F)c(F)c3F)cc(C)c2C1=O. The van der Waals surface area contributed by atoms with Crippen molar-refractivity contribution in [3.63, 3.8) is 0 Å². The first-order valence-corrected chi connectivity index (χ1v) is 11.7. The Hall–Kier alpha value is -4.81. The second kappa shape index (κ2) is 11.4. The van der Waals surface area contributed by atoms with E-state index < -0.39 is 52.7 Å². The van der Waals surface area contributed by atoms with Crippen LogP contribution in [0.5, 0.6) is 34.5 Å². The zero-order valence-electron chi connectivity index (χ0n) is 22.1. The third-order valence-corrected chi connectivity index (χ3v) is 5.98. The lowest BCUT2D eigenvalue weighted by molar-refractivity contribution is -0.141. The van der Waals surface area contributed by atoms with Gasteiger partial charge in [0.15, 0.2) is 29.1 Å². The molecule has 0 saturated carbocycles. The van der Waals surface area contributed by atoms with E-state index in [0.717, 1.165) is 6.92 Å². The molecule has 1 atom stereocenters. The van der Waals surface area contributed by atoms with E-state index in [1.807, 2.05) is 0 Å². The number of allylic oxidation sites excluding steroid dienone is 1. The maximum absolute atomic E-state index is 13.9. The zero-order valence-corrected chi connectivity index (χ0v) is 22.1. The molecule has 216 valence electrons. The van der Waals surface area contributed by atoms with E-state index in [9.17, 15) is 31.5 Å². The van der Waals surface area contributed by atoms with E-state index in [2.05, 4.69) is 0 Å². The molecule has 1 heterocycles. The van der Waals surface area contributed by atoms with Gasteiger partial charge in [0.05, 0.1) is 26.9 Å². The normalized spacial score (nSPS) is 13.9. The number of Topliss-reactive ketones (excluding diaryl/α,β-unsaturated/α-hetero) is 1. The van der Waals surface area contributed by atoms with Crippen LogP contribution >= 0.6 is 0 Å². The van der Waals surface area contributed by atoms with Crippen LogP contribution in [0, 0.1) is 36.0 Å². The quantitative estimate of drug-likeness (QED) is 0.0837. The van der Waals surface area contributed by atoms with Crippen molar-refractivity contribution in [2.75, 3.05) is 21.3 Å². The highest BCUT2D eigenvalue weighted by Crippen LogP contribution is 2.40. The van der Waals surface area contributed by atoms with Crippen LogP contribution in [0.15, 0.2) is 30.0 Å². The fourth-order valence-electron chi connectivity index (χ4n) is 3.96. The summed E-state index contributed by atoms with van der Waals surface area (Å²) in [5.41, 5.74) is 0.970.